The van der Waals surface area contributed by atoms with E-state index in [1.807, 2.05) is 54.6 Å². The third kappa shape index (κ3) is 5.24. The Hall–Kier alpha value is -3.87. The number of carbonyl (C=O) groups is 1. The molecule has 7 heteroatoms. The maximum atomic E-state index is 12.9. The van der Waals surface area contributed by atoms with Crippen molar-refractivity contribution in [2.24, 2.45) is 4.99 Å². The summed E-state index contributed by atoms with van der Waals surface area (Å²) in [6.07, 6.45) is 3.46. The number of carbonyl (C=O) groups excluding carboxylic acids is 1. The van der Waals surface area contributed by atoms with Gasteiger partial charge in [0.2, 0.25) is 12.8 Å². The van der Waals surface area contributed by atoms with Crippen LogP contribution < -0.4 is 20.1 Å². The summed E-state index contributed by atoms with van der Waals surface area (Å²) in [6.45, 7) is 6.98. The molecule has 0 bridgehead atoms. The van der Waals surface area contributed by atoms with Gasteiger partial charge >= 0.3 is 0 Å². The van der Waals surface area contributed by atoms with E-state index in [-0.39, 0.29) is 18.1 Å². The predicted molar refractivity (Wildman–Crippen MR) is 124 cm³/mol. The molecule has 0 aliphatic carbocycles. The van der Waals surface area contributed by atoms with E-state index in [9.17, 15) is 4.79 Å². The first kappa shape index (κ1) is 21.4. The standard InChI is InChI=1S/C25H26N4O3/c1-25(2,3)19-8-6-18(7-9-19)23(30)29-24(27-15-17-5-4-12-26-14-17)28-20-10-11-21-22(13-20)32-16-31-21/h4-14H,15-16H2,1-3H3,(H2,27,28,29,30). The molecule has 0 unspecified atom stereocenters. The molecule has 164 valence electrons. The van der Waals surface area contributed by atoms with E-state index in [0.717, 1.165) is 16.8 Å². The number of guanidine groups is 1. The number of aliphatic imine (C=N–C) groups is 1. The maximum absolute atomic E-state index is 12.9. The van der Waals surface area contributed by atoms with Crippen molar-refractivity contribution < 1.29 is 14.3 Å². The second-order valence-electron chi connectivity index (χ2n) is 8.50. The number of pyridine rings is 1. The van der Waals surface area contributed by atoms with Crippen LogP contribution >= 0.6 is 0 Å². The SMILES string of the molecule is CC(C)(C)c1ccc(C(=O)NC(=NCc2cccnc2)Nc2ccc3c(c2)OCO3)cc1. The van der Waals surface area contributed by atoms with Crippen LogP contribution in [0.3, 0.4) is 0 Å². The number of hydrogen-bond acceptors (Lipinski definition) is 5. The second-order valence-corrected chi connectivity index (χ2v) is 8.50. The molecule has 4 rings (SSSR count). The van der Waals surface area contributed by atoms with Gasteiger partial charge in [0.05, 0.1) is 6.54 Å². The van der Waals surface area contributed by atoms with Crippen molar-refractivity contribution in [2.75, 3.05) is 12.1 Å². The Morgan fingerprint density at radius 2 is 1.84 bits per heavy atom. The molecule has 2 heterocycles. The monoisotopic (exact) mass is 430 g/mol. The molecule has 1 amide bonds. The third-order valence-corrected chi connectivity index (χ3v) is 5.02. The number of nitrogens with zero attached hydrogens (tertiary/aromatic N) is 2. The quantitative estimate of drug-likeness (QED) is 0.470. The molecule has 0 saturated carbocycles. The number of anilines is 1. The molecule has 0 radical (unpaired) electrons. The number of nitrogens with one attached hydrogen (secondary N) is 2. The minimum absolute atomic E-state index is 0.0201. The summed E-state index contributed by atoms with van der Waals surface area (Å²) in [7, 11) is 0. The van der Waals surface area contributed by atoms with Crippen LogP contribution in [0.4, 0.5) is 5.69 Å². The van der Waals surface area contributed by atoms with Crippen molar-refractivity contribution in [3.63, 3.8) is 0 Å². The van der Waals surface area contributed by atoms with E-state index in [4.69, 9.17) is 9.47 Å². The van der Waals surface area contributed by atoms with E-state index >= 15 is 0 Å². The summed E-state index contributed by atoms with van der Waals surface area (Å²) in [5.41, 5.74) is 3.40. The summed E-state index contributed by atoms with van der Waals surface area (Å²) in [5, 5.41) is 6.06. The van der Waals surface area contributed by atoms with E-state index < -0.39 is 0 Å². The summed E-state index contributed by atoms with van der Waals surface area (Å²) in [6, 6.07) is 16.9. The fraction of sp³-hybridized carbons (Fsp3) is 0.240. The molecule has 7 nitrogen and oxygen atoms in total. The lowest BCUT2D eigenvalue weighted by Crippen LogP contribution is -2.36. The fourth-order valence-electron chi connectivity index (χ4n) is 3.18. The largest absolute Gasteiger partial charge is 0.454 e. The lowest BCUT2D eigenvalue weighted by Gasteiger charge is -2.19. The van der Waals surface area contributed by atoms with Gasteiger partial charge in [0.25, 0.3) is 5.91 Å². The van der Waals surface area contributed by atoms with Crippen molar-refractivity contribution in [3.05, 3.63) is 83.7 Å². The highest BCUT2D eigenvalue weighted by molar-refractivity contribution is 6.10. The number of benzene rings is 2. The first-order valence-electron chi connectivity index (χ1n) is 10.4. The van der Waals surface area contributed by atoms with Gasteiger partial charge < -0.3 is 14.8 Å². The Balaban J connectivity index is 1.53. The molecule has 1 aromatic heterocycles. The zero-order valence-corrected chi connectivity index (χ0v) is 18.4. The van der Waals surface area contributed by atoms with Crippen molar-refractivity contribution in [3.8, 4) is 11.5 Å². The molecule has 0 spiro atoms. The highest BCUT2D eigenvalue weighted by Crippen LogP contribution is 2.34. The van der Waals surface area contributed by atoms with Crippen LogP contribution in [-0.4, -0.2) is 23.6 Å². The molecule has 2 aromatic carbocycles. The van der Waals surface area contributed by atoms with Gasteiger partial charge in [-0.2, -0.15) is 0 Å². The lowest BCUT2D eigenvalue weighted by molar-refractivity contribution is 0.0977. The third-order valence-electron chi connectivity index (χ3n) is 5.02. The molecule has 0 fully saturated rings. The van der Waals surface area contributed by atoms with Crippen molar-refractivity contribution in [1.29, 1.82) is 0 Å². The van der Waals surface area contributed by atoms with Crippen LogP contribution in [0.5, 0.6) is 11.5 Å². The Morgan fingerprint density at radius 1 is 1.06 bits per heavy atom. The zero-order chi connectivity index (χ0) is 22.6. The van der Waals surface area contributed by atoms with Crippen molar-refractivity contribution in [2.45, 2.75) is 32.7 Å². The van der Waals surface area contributed by atoms with Crippen LogP contribution in [0.2, 0.25) is 0 Å². The zero-order valence-electron chi connectivity index (χ0n) is 18.4. The minimum atomic E-state index is -0.247. The van der Waals surface area contributed by atoms with E-state index in [2.05, 4.69) is 41.4 Å². The number of amides is 1. The molecular formula is C25H26N4O3. The Kier molecular flexibility index (Phi) is 6.07. The first-order valence-corrected chi connectivity index (χ1v) is 10.4. The number of rotatable bonds is 4. The normalized spacial score (nSPS) is 13.0. The van der Waals surface area contributed by atoms with Crippen molar-refractivity contribution >= 4 is 17.6 Å². The lowest BCUT2D eigenvalue weighted by atomic mass is 9.87. The van der Waals surface area contributed by atoms with Gasteiger partial charge in [-0.1, -0.05) is 39.0 Å². The number of fused-ring (bicyclic) bond motifs is 1. The molecule has 2 N–H and O–H groups in total. The van der Waals surface area contributed by atoms with Crippen LogP contribution in [-0.2, 0) is 12.0 Å². The number of ether oxygens (including phenoxy) is 2. The van der Waals surface area contributed by atoms with Crippen LogP contribution in [0, 0.1) is 0 Å². The number of hydrogen-bond donors (Lipinski definition) is 2. The van der Waals surface area contributed by atoms with Gasteiger partial charge in [-0.3, -0.25) is 15.1 Å². The Morgan fingerprint density at radius 3 is 2.56 bits per heavy atom. The minimum Gasteiger partial charge on any atom is -0.454 e. The average molecular weight is 431 g/mol. The van der Waals surface area contributed by atoms with Gasteiger partial charge in [0, 0.05) is 29.7 Å². The van der Waals surface area contributed by atoms with Crippen molar-refractivity contribution in [1.82, 2.24) is 10.3 Å². The average Bonchev–Trinajstić information content (AvgIpc) is 3.25. The highest BCUT2D eigenvalue weighted by Gasteiger charge is 2.17. The molecule has 32 heavy (non-hydrogen) atoms. The van der Waals surface area contributed by atoms with Crippen LogP contribution in [0.25, 0.3) is 0 Å². The van der Waals surface area contributed by atoms with E-state index in [0.29, 0.717) is 29.6 Å². The highest BCUT2D eigenvalue weighted by atomic mass is 16.7. The molecule has 3 aromatic rings. The molecule has 0 atom stereocenters. The van der Waals surface area contributed by atoms with Gasteiger partial charge in [-0.05, 0) is 46.9 Å². The summed E-state index contributed by atoms with van der Waals surface area (Å²) in [4.78, 5) is 21.6. The van der Waals surface area contributed by atoms with Gasteiger partial charge in [0.1, 0.15) is 0 Å². The summed E-state index contributed by atoms with van der Waals surface area (Å²) in [5.74, 6) is 1.42. The van der Waals surface area contributed by atoms with Gasteiger partial charge in [-0.25, -0.2) is 4.99 Å². The Bertz CT molecular complexity index is 1120. The van der Waals surface area contributed by atoms with Gasteiger partial charge in [0.15, 0.2) is 11.5 Å². The molecule has 1 aliphatic rings. The van der Waals surface area contributed by atoms with Crippen LogP contribution in [0.1, 0.15) is 42.3 Å². The summed E-state index contributed by atoms with van der Waals surface area (Å²) >= 11 is 0. The maximum Gasteiger partial charge on any atom is 0.257 e. The van der Waals surface area contributed by atoms with Crippen LogP contribution in [0.15, 0.2) is 72.0 Å². The second kappa shape index (κ2) is 9.09. The topological polar surface area (TPSA) is 84.8 Å². The molecule has 0 saturated heterocycles. The molecular weight excluding hydrogens is 404 g/mol. The molecule has 1 aliphatic heterocycles. The van der Waals surface area contributed by atoms with E-state index in [1.54, 1.807) is 12.4 Å². The van der Waals surface area contributed by atoms with Gasteiger partial charge in [-0.15, -0.1) is 0 Å². The first-order chi connectivity index (χ1) is 15.4. The smallest absolute Gasteiger partial charge is 0.257 e. The Labute approximate surface area is 187 Å². The number of aromatic nitrogens is 1. The predicted octanol–water partition coefficient (Wildman–Crippen LogP) is 4.51. The fourth-order valence-corrected chi connectivity index (χ4v) is 3.18. The summed E-state index contributed by atoms with van der Waals surface area (Å²) < 4.78 is 10.8. The van der Waals surface area contributed by atoms with E-state index in [1.165, 1.54) is 0 Å².